The van der Waals surface area contributed by atoms with Crippen LogP contribution in [0.5, 0.6) is 5.88 Å². The smallest absolute Gasteiger partial charge is 0.238 e. The van der Waals surface area contributed by atoms with Crippen molar-refractivity contribution < 1.29 is 29.6 Å². The number of para-hydroxylation sites is 2. The molecule has 5 atom stereocenters. The number of hydrogen-bond acceptors (Lipinski definition) is 8. The summed E-state index contributed by atoms with van der Waals surface area (Å²) in [6.07, 6.45) is -4.98. The maximum atomic E-state index is 11.5. The number of aliphatic hydroxyl groups is 3. The molecule has 26 heavy (non-hydrogen) atoms. The Kier molecular flexibility index (Phi) is 5.33. The van der Waals surface area contributed by atoms with E-state index in [1.807, 2.05) is 18.2 Å². The van der Waals surface area contributed by atoms with Crippen molar-refractivity contribution in [3.05, 3.63) is 30.0 Å². The SMILES string of the molecule is CC(=O)N[C@H]1[C@H](Oc2nc3ccccc3nc2C)O[C@H](CO)[C@@H](O)[C@@H]1O. The fraction of sp³-hybridized carbons (Fsp3) is 0.471. The zero-order valence-corrected chi connectivity index (χ0v) is 14.4. The van der Waals surface area contributed by atoms with Crippen LogP contribution in [0.1, 0.15) is 12.6 Å². The molecule has 1 aliphatic rings. The number of hydrogen-bond donors (Lipinski definition) is 4. The number of nitrogens with zero attached hydrogens (tertiary/aromatic N) is 2. The minimum Gasteiger partial charge on any atom is -0.444 e. The third-order valence-corrected chi connectivity index (χ3v) is 4.18. The number of fused-ring (bicyclic) bond motifs is 1. The van der Waals surface area contributed by atoms with E-state index in [9.17, 15) is 20.1 Å². The van der Waals surface area contributed by atoms with Crippen molar-refractivity contribution in [1.82, 2.24) is 15.3 Å². The average Bonchev–Trinajstić information content (AvgIpc) is 2.61. The summed E-state index contributed by atoms with van der Waals surface area (Å²) in [7, 11) is 0. The molecule has 9 nitrogen and oxygen atoms in total. The van der Waals surface area contributed by atoms with Gasteiger partial charge in [0.1, 0.15) is 30.0 Å². The lowest BCUT2D eigenvalue weighted by molar-refractivity contribution is -0.245. The van der Waals surface area contributed by atoms with E-state index in [0.717, 1.165) is 0 Å². The molecule has 1 saturated heterocycles. The summed E-state index contributed by atoms with van der Waals surface area (Å²) in [6.45, 7) is 2.46. The van der Waals surface area contributed by atoms with Gasteiger partial charge in [-0.15, -0.1) is 0 Å². The van der Waals surface area contributed by atoms with Crippen LogP contribution >= 0.6 is 0 Å². The first kappa shape index (κ1) is 18.5. The van der Waals surface area contributed by atoms with Crippen molar-refractivity contribution >= 4 is 16.9 Å². The van der Waals surface area contributed by atoms with Gasteiger partial charge < -0.3 is 30.1 Å². The molecular formula is C17H21N3O6. The number of carbonyl (C=O) groups excluding carboxylic acids is 1. The Balaban J connectivity index is 1.91. The van der Waals surface area contributed by atoms with Crippen molar-refractivity contribution in [3.8, 4) is 5.88 Å². The molecule has 140 valence electrons. The number of rotatable bonds is 4. The zero-order chi connectivity index (χ0) is 18.8. The maximum Gasteiger partial charge on any atom is 0.238 e. The molecule has 0 bridgehead atoms. The van der Waals surface area contributed by atoms with E-state index in [1.54, 1.807) is 13.0 Å². The van der Waals surface area contributed by atoms with Crippen LogP contribution in [0.15, 0.2) is 24.3 Å². The van der Waals surface area contributed by atoms with Gasteiger partial charge in [-0.25, -0.2) is 9.97 Å². The molecule has 3 rings (SSSR count). The van der Waals surface area contributed by atoms with E-state index in [2.05, 4.69) is 15.3 Å². The normalized spacial score (nSPS) is 28.7. The second-order valence-corrected chi connectivity index (χ2v) is 6.15. The summed E-state index contributed by atoms with van der Waals surface area (Å²) in [5.74, 6) is -0.258. The molecule has 2 heterocycles. The summed E-state index contributed by atoms with van der Waals surface area (Å²) in [4.78, 5) is 20.3. The number of aromatic nitrogens is 2. The number of nitrogens with one attached hydrogen (secondary N) is 1. The second kappa shape index (κ2) is 7.50. The molecule has 1 aromatic carbocycles. The molecular weight excluding hydrogens is 342 g/mol. The second-order valence-electron chi connectivity index (χ2n) is 6.15. The predicted molar refractivity (Wildman–Crippen MR) is 90.3 cm³/mol. The largest absolute Gasteiger partial charge is 0.444 e. The maximum absolute atomic E-state index is 11.5. The van der Waals surface area contributed by atoms with Gasteiger partial charge in [0, 0.05) is 6.92 Å². The lowest BCUT2D eigenvalue weighted by atomic mass is 9.97. The fourth-order valence-corrected chi connectivity index (χ4v) is 2.86. The number of aliphatic hydroxyl groups excluding tert-OH is 3. The number of ether oxygens (including phenoxy) is 2. The van der Waals surface area contributed by atoms with Gasteiger partial charge >= 0.3 is 0 Å². The van der Waals surface area contributed by atoms with Crippen LogP contribution < -0.4 is 10.1 Å². The number of carbonyl (C=O) groups is 1. The van der Waals surface area contributed by atoms with Crippen molar-refractivity contribution in [2.75, 3.05) is 6.61 Å². The topological polar surface area (TPSA) is 134 Å². The zero-order valence-electron chi connectivity index (χ0n) is 14.4. The van der Waals surface area contributed by atoms with Crippen LogP contribution in [0.25, 0.3) is 11.0 Å². The predicted octanol–water partition coefficient (Wildman–Crippen LogP) is -0.739. The van der Waals surface area contributed by atoms with Gasteiger partial charge in [-0.2, -0.15) is 0 Å². The summed E-state index contributed by atoms with van der Waals surface area (Å²) in [5, 5.41) is 32.2. The van der Waals surface area contributed by atoms with Gasteiger partial charge in [-0.05, 0) is 19.1 Å². The fourth-order valence-electron chi connectivity index (χ4n) is 2.86. The quantitative estimate of drug-likeness (QED) is 0.558. The summed E-state index contributed by atoms with van der Waals surface area (Å²) in [5.41, 5.74) is 1.80. The Morgan fingerprint density at radius 1 is 1.23 bits per heavy atom. The summed E-state index contributed by atoms with van der Waals surface area (Å²) < 4.78 is 11.3. The highest BCUT2D eigenvalue weighted by Gasteiger charge is 2.46. The van der Waals surface area contributed by atoms with Gasteiger partial charge in [0.05, 0.1) is 17.6 Å². The third-order valence-electron chi connectivity index (χ3n) is 4.18. The first-order valence-corrected chi connectivity index (χ1v) is 8.20. The molecule has 2 aromatic rings. The van der Waals surface area contributed by atoms with Crippen molar-refractivity contribution in [2.24, 2.45) is 0 Å². The first-order chi connectivity index (χ1) is 12.4. The van der Waals surface area contributed by atoms with Crippen molar-refractivity contribution in [3.63, 3.8) is 0 Å². The molecule has 0 saturated carbocycles. The Hall–Kier alpha value is -2.33. The molecule has 0 radical (unpaired) electrons. The van der Waals surface area contributed by atoms with Crippen LogP contribution in [-0.4, -0.2) is 68.4 Å². The standard InChI is InChI=1S/C17H21N3O6/c1-8-16(20-11-6-4-3-5-10(11)18-8)26-17-13(19-9(2)22)15(24)14(23)12(7-21)25-17/h3-6,12-15,17,21,23-24H,7H2,1-2H3,(H,19,22)/t12-,13-,14-,15-,17+/m1/s1. The highest BCUT2D eigenvalue weighted by atomic mass is 16.7. The molecule has 1 aliphatic heterocycles. The molecule has 4 N–H and O–H groups in total. The monoisotopic (exact) mass is 363 g/mol. The molecule has 9 heteroatoms. The summed E-state index contributed by atoms with van der Waals surface area (Å²) in [6, 6.07) is 6.21. The Morgan fingerprint density at radius 2 is 1.88 bits per heavy atom. The van der Waals surface area contributed by atoms with Crippen molar-refractivity contribution in [2.45, 2.75) is 44.5 Å². The first-order valence-electron chi connectivity index (χ1n) is 8.20. The van der Waals surface area contributed by atoms with Crippen LogP contribution in [0.3, 0.4) is 0 Å². The molecule has 0 unspecified atom stereocenters. The number of aryl methyl sites for hydroxylation is 1. The highest BCUT2D eigenvalue weighted by Crippen LogP contribution is 2.26. The average molecular weight is 363 g/mol. The molecule has 1 aromatic heterocycles. The van der Waals surface area contributed by atoms with E-state index in [-0.39, 0.29) is 5.88 Å². The van der Waals surface area contributed by atoms with Gasteiger partial charge in [0.25, 0.3) is 0 Å². The minimum absolute atomic E-state index is 0.171. The van der Waals surface area contributed by atoms with Crippen LogP contribution in [-0.2, 0) is 9.53 Å². The lowest BCUT2D eigenvalue weighted by Gasteiger charge is -2.41. The number of benzene rings is 1. The Morgan fingerprint density at radius 3 is 2.50 bits per heavy atom. The third kappa shape index (κ3) is 3.61. The minimum atomic E-state index is -1.39. The highest BCUT2D eigenvalue weighted by molar-refractivity contribution is 5.74. The van der Waals surface area contributed by atoms with Crippen molar-refractivity contribution in [1.29, 1.82) is 0 Å². The Bertz CT molecular complexity index is 801. The van der Waals surface area contributed by atoms with E-state index in [4.69, 9.17) is 9.47 Å². The van der Waals surface area contributed by atoms with E-state index in [1.165, 1.54) is 6.92 Å². The summed E-state index contributed by atoms with van der Waals surface area (Å²) >= 11 is 0. The van der Waals surface area contributed by atoms with Crippen LogP contribution in [0, 0.1) is 6.92 Å². The van der Waals surface area contributed by atoms with E-state index < -0.39 is 43.2 Å². The van der Waals surface area contributed by atoms with Gasteiger partial charge in [0.15, 0.2) is 0 Å². The number of amides is 1. The van der Waals surface area contributed by atoms with E-state index in [0.29, 0.717) is 16.7 Å². The van der Waals surface area contributed by atoms with Crippen LogP contribution in [0.2, 0.25) is 0 Å². The molecule has 1 amide bonds. The van der Waals surface area contributed by atoms with Gasteiger partial charge in [-0.3, -0.25) is 4.79 Å². The molecule has 0 spiro atoms. The van der Waals surface area contributed by atoms with Gasteiger partial charge in [0.2, 0.25) is 18.1 Å². The molecule has 1 fully saturated rings. The van der Waals surface area contributed by atoms with Crippen LogP contribution in [0.4, 0.5) is 0 Å². The van der Waals surface area contributed by atoms with Gasteiger partial charge in [-0.1, -0.05) is 12.1 Å². The van der Waals surface area contributed by atoms with E-state index >= 15 is 0 Å². The molecule has 0 aliphatic carbocycles. The Labute approximate surface area is 149 Å². The lowest BCUT2D eigenvalue weighted by Crippen LogP contribution is -2.65.